The lowest BCUT2D eigenvalue weighted by atomic mass is 10.2. The average molecular weight is 399 g/mol. The van der Waals surface area contributed by atoms with Crippen molar-refractivity contribution in [3.8, 4) is 5.75 Å². The van der Waals surface area contributed by atoms with Crippen LogP contribution in [0.2, 0.25) is 0 Å². The third-order valence-corrected chi connectivity index (χ3v) is 4.05. The van der Waals surface area contributed by atoms with Crippen molar-refractivity contribution in [3.63, 3.8) is 0 Å². The van der Waals surface area contributed by atoms with Gasteiger partial charge in [0.05, 0.1) is 10.6 Å². The Hall–Kier alpha value is -3.95. The van der Waals surface area contributed by atoms with Gasteiger partial charge in [0.1, 0.15) is 12.3 Å². The molecule has 0 bridgehead atoms. The number of nitrogens with one attached hydrogen (secondary N) is 1. The van der Waals surface area contributed by atoms with Gasteiger partial charge in [-0.05, 0) is 30.7 Å². The van der Waals surface area contributed by atoms with Gasteiger partial charge in [-0.2, -0.15) is 0 Å². The summed E-state index contributed by atoms with van der Waals surface area (Å²) in [6.45, 7) is 0.518. The van der Waals surface area contributed by atoms with Crippen LogP contribution in [0.3, 0.4) is 0 Å². The van der Waals surface area contributed by atoms with E-state index in [0.29, 0.717) is 5.69 Å². The van der Waals surface area contributed by atoms with Gasteiger partial charge in [-0.15, -0.1) is 0 Å². The molecule has 0 saturated carbocycles. The van der Waals surface area contributed by atoms with E-state index >= 15 is 0 Å². The van der Waals surface area contributed by atoms with Crippen molar-refractivity contribution in [2.75, 3.05) is 30.0 Å². The van der Waals surface area contributed by atoms with Crippen molar-refractivity contribution in [1.29, 1.82) is 0 Å². The number of aryl methyl sites for hydroxylation is 1. The molecule has 0 fully saturated rings. The predicted octanol–water partition coefficient (Wildman–Crippen LogP) is 1.81. The number of nitrogens with zero attached hydrogens (tertiary/aromatic N) is 2. The van der Waals surface area contributed by atoms with Crippen molar-refractivity contribution in [1.82, 2.24) is 0 Å². The number of rotatable bonds is 6. The van der Waals surface area contributed by atoms with Gasteiger partial charge in [-0.25, -0.2) is 0 Å². The second kappa shape index (κ2) is 8.38. The first-order chi connectivity index (χ1) is 13.8. The van der Waals surface area contributed by atoms with E-state index < -0.39 is 35.9 Å². The van der Waals surface area contributed by atoms with E-state index in [9.17, 15) is 24.5 Å². The fourth-order valence-electron chi connectivity index (χ4n) is 2.72. The molecular weight excluding hydrogens is 382 g/mol. The summed E-state index contributed by atoms with van der Waals surface area (Å²) in [7, 11) is 0. The molecule has 3 rings (SSSR count). The Morgan fingerprint density at radius 1 is 1.28 bits per heavy atom. The van der Waals surface area contributed by atoms with Crippen molar-refractivity contribution in [3.05, 3.63) is 58.1 Å². The molecule has 0 unspecified atom stereocenters. The van der Waals surface area contributed by atoms with E-state index in [1.165, 1.54) is 12.1 Å². The highest BCUT2D eigenvalue weighted by Crippen LogP contribution is 2.35. The maximum absolute atomic E-state index is 12.1. The van der Waals surface area contributed by atoms with Crippen molar-refractivity contribution in [2.45, 2.75) is 6.92 Å². The second-order valence-corrected chi connectivity index (χ2v) is 6.26. The number of hydrogen-bond donors (Lipinski definition) is 1. The van der Waals surface area contributed by atoms with Crippen LogP contribution in [0.15, 0.2) is 42.5 Å². The van der Waals surface area contributed by atoms with Crippen LogP contribution in [0.1, 0.15) is 5.56 Å². The number of anilines is 2. The molecule has 1 N–H and O–H groups in total. The number of carbonyl (C=O) groups is 3. The molecule has 150 valence electrons. The normalized spacial score (nSPS) is 12.6. The number of nitro benzene ring substituents is 1. The Morgan fingerprint density at radius 2 is 2.07 bits per heavy atom. The van der Waals surface area contributed by atoms with Crippen LogP contribution in [0.5, 0.6) is 5.75 Å². The summed E-state index contributed by atoms with van der Waals surface area (Å²) in [6, 6.07) is 10.8. The summed E-state index contributed by atoms with van der Waals surface area (Å²) >= 11 is 0. The van der Waals surface area contributed by atoms with Gasteiger partial charge in [0.25, 0.3) is 17.5 Å². The molecule has 2 amide bonds. The molecule has 10 heteroatoms. The predicted molar refractivity (Wildman–Crippen MR) is 102 cm³/mol. The van der Waals surface area contributed by atoms with Crippen LogP contribution in [-0.2, 0) is 19.1 Å². The van der Waals surface area contributed by atoms with Crippen LogP contribution in [-0.4, -0.2) is 42.5 Å². The second-order valence-electron chi connectivity index (χ2n) is 6.26. The van der Waals surface area contributed by atoms with E-state index in [-0.39, 0.29) is 23.7 Å². The van der Waals surface area contributed by atoms with Gasteiger partial charge < -0.3 is 14.8 Å². The maximum Gasteiger partial charge on any atom is 0.326 e. The number of esters is 1. The number of nitro groups is 1. The maximum atomic E-state index is 12.1. The Labute approximate surface area is 165 Å². The van der Waals surface area contributed by atoms with Gasteiger partial charge >= 0.3 is 5.97 Å². The SMILES string of the molecule is Cc1cccc(NC(=O)COC(=O)CN2C(=O)COc3ccc([N+](=O)[O-])cc32)c1. The largest absolute Gasteiger partial charge is 0.482 e. The lowest BCUT2D eigenvalue weighted by Crippen LogP contribution is -2.42. The lowest BCUT2D eigenvalue weighted by Gasteiger charge is -2.28. The van der Waals surface area contributed by atoms with E-state index in [1.54, 1.807) is 18.2 Å². The zero-order chi connectivity index (χ0) is 21.0. The van der Waals surface area contributed by atoms with Crippen LogP contribution in [0.25, 0.3) is 0 Å². The van der Waals surface area contributed by atoms with Gasteiger partial charge in [0.2, 0.25) is 0 Å². The molecule has 1 aliphatic heterocycles. The standard InChI is InChI=1S/C19H17N3O7/c1-12-3-2-4-13(7-12)20-17(23)10-29-19(25)9-21-15-8-14(22(26)27)5-6-16(15)28-11-18(21)24/h2-8H,9-11H2,1H3,(H,20,23). The van der Waals surface area contributed by atoms with Crippen LogP contribution in [0.4, 0.5) is 17.1 Å². The van der Waals surface area contributed by atoms with E-state index in [2.05, 4.69) is 5.32 Å². The zero-order valence-electron chi connectivity index (χ0n) is 15.4. The molecule has 1 heterocycles. The molecular formula is C19H17N3O7. The number of fused-ring (bicyclic) bond motifs is 1. The average Bonchev–Trinajstić information content (AvgIpc) is 2.68. The molecule has 10 nitrogen and oxygen atoms in total. The Bertz CT molecular complexity index is 990. The van der Waals surface area contributed by atoms with Gasteiger partial charge in [0, 0.05) is 17.8 Å². The Kier molecular flexibility index (Phi) is 5.72. The van der Waals surface area contributed by atoms with Crippen LogP contribution < -0.4 is 15.0 Å². The lowest BCUT2D eigenvalue weighted by molar-refractivity contribution is -0.384. The number of non-ortho nitro benzene ring substituents is 1. The van der Waals surface area contributed by atoms with E-state index in [0.717, 1.165) is 16.5 Å². The topological polar surface area (TPSA) is 128 Å². The number of benzene rings is 2. The summed E-state index contributed by atoms with van der Waals surface area (Å²) in [5, 5.41) is 13.6. The molecule has 2 aromatic carbocycles. The minimum atomic E-state index is -0.836. The molecule has 0 atom stereocenters. The van der Waals surface area contributed by atoms with Gasteiger partial charge in [0.15, 0.2) is 13.2 Å². The number of carbonyl (C=O) groups excluding carboxylic acids is 3. The quantitative estimate of drug-likeness (QED) is 0.446. The van der Waals surface area contributed by atoms with E-state index in [1.807, 2.05) is 13.0 Å². The van der Waals surface area contributed by atoms with Crippen molar-refractivity contribution >= 4 is 34.8 Å². The van der Waals surface area contributed by atoms with Gasteiger partial charge in [-0.1, -0.05) is 12.1 Å². The highest BCUT2D eigenvalue weighted by atomic mass is 16.6. The minimum absolute atomic E-state index is 0.0941. The van der Waals surface area contributed by atoms with Crippen LogP contribution >= 0.6 is 0 Å². The molecule has 0 aliphatic carbocycles. The first-order valence-electron chi connectivity index (χ1n) is 8.57. The molecule has 29 heavy (non-hydrogen) atoms. The number of hydrogen-bond acceptors (Lipinski definition) is 7. The summed E-state index contributed by atoms with van der Waals surface area (Å²) in [5.74, 6) is -1.69. The third-order valence-electron chi connectivity index (χ3n) is 4.05. The highest BCUT2D eigenvalue weighted by molar-refractivity contribution is 6.02. The fourth-order valence-corrected chi connectivity index (χ4v) is 2.72. The van der Waals surface area contributed by atoms with Crippen LogP contribution in [0, 0.1) is 17.0 Å². The highest BCUT2D eigenvalue weighted by Gasteiger charge is 2.29. The van der Waals surface area contributed by atoms with Crippen molar-refractivity contribution in [2.24, 2.45) is 0 Å². The molecule has 0 saturated heterocycles. The third kappa shape index (κ3) is 4.86. The monoisotopic (exact) mass is 399 g/mol. The first-order valence-corrected chi connectivity index (χ1v) is 8.57. The summed E-state index contributed by atoms with van der Waals surface area (Å²) in [6.07, 6.45) is 0. The van der Waals surface area contributed by atoms with Crippen molar-refractivity contribution < 1.29 is 28.8 Å². The fraction of sp³-hybridized carbons (Fsp3) is 0.211. The summed E-state index contributed by atoms with van der Waals surface area (Å²) in [4.78, 5) is 47.6. The Morgan fingerprint density at radius 3 is 2.79 bits per heavy atom. The smallest absolute Gasteiger partial charge is 0.326 e. The number of ether oxygens (including phenoxy) is 2. The first kappa shape index (κ1) is 19.8. The summed E-state index contributed by atoms with van der Waals surface area (Å²) in [5.41, 5.74) is 1.36. The summed E-state index contributed by atoms with van der Waals surface area (Å²) < 4.78 is 10.2. The molecule has 1 aliphatic rings. The van der Waals surface area contributed by atoms with Gasteiger partial charge in [-0.3, -0.25) is 29.4 Å². The zero-order valence-corrected chi connectivity index (χ0v) is 15.4. The molecule has 0 aromatic heterocycles. The number of amides is 2. The Balaban J connectivity index is 1.62. The molecule has 2 aromatic rings. The minimum Gasteiger partial charge on any atom is -0.482 e. The molecule has 0 radical (unpaired) electrons. The van der Waals surface area contributed by atoms with E-state index in [4.69, 9.17) is 9.47 Å². The molecule has 0 spiro atoms.